The molecule has 0 amide bonds. The summed E-state index contributed by atoms with van der Waals surface area (Å²) in [5, 5.41) is 0. The second-order valence-corrected chi connectivity index (χ2v) is 17.6. The van der Waals surface area contributed by atoms with Crippen LogP contribution in [0.1, 0.15) is 140 Å². The minimum atomic E-state index is -0.313. The van der Waals surface area contributed by atoms with Gasteiger partial charge in [0.2, 0.25) is 0 Å². The molecule has 4 atom stereocenters. The maximum atomic E-state index is 11.2. The molecule has 4 unspecified atom stereocenters. The van der Waals surface area contributed by atoms with E-state index in [2.05, 4.69) is 89.6 Å². The minimum Gasteiger partial charge on any atom is -0.484 e. The molecule has 0 fully saturated rings. The molecule has 6 rings (SSSR count). The number of carbonyl (C=O) groups is 2. The van der Waals surface area contributed by atoms with Crippen LogP contribution in [0.3, 0.4) is 0 Å². The smallest absolute Gasteiger partial charge is 0.308 e. The summed E-state index contributed by atoms with van der Waals surface area (Å²) < 4.78 is 22.8. The zero-order valence-electron chi connectivity index (χ0n) is 37.9. The van der Waals surface area contributed by atoms with Gasteiger partial charge in [-0.25, -0.2) is 0 Å². The second-order valence-electron chi connectivity index (χ2n) is 17.6. The SMILES string of the molecule is CCC(Oc1ccc(C(c2ccc(OC(C)=O)cc2)C(C)(C)C)cc1)c1ccccn1.CCC(Oc1ccc(C(c2ccc(OC(C)=O)cc2)C(C)(C)C)cc1)c1ccccn1. The predicted octanol–water partition coefficient (Wildman–Crippen LogP) is 13.4. The fraction of sp³-hybridized carbons (Fsp3) is 0.333. The van der Waals surface area contributed by atoms with Gasteiger partial charge in [-0.15, -0.1) is 0 Å². The summed E-state index contributed by atoms with van der Waals surface area (Å²) in [6.07, 6.45) is 5.14. The van der Waals surface area contributed by atoms with Crippen molar-refractivity contribution in [3.63, 3.8) is 0 Å². The lowest BCUT2D eigenvalue weighted by Gasteiger charge is -2.32. The van der Waals surface area contributed by atoms with Gasteiger partial charge in [0.25, 0.3) is 0 Å². The maximum Gasteiger partial charge on any atom is 0.308 e. The summed E-state index contributed by atoms with van der Waals surface area (Å²) in [6, 6.07) is 44.0. The molecule has 6 aromatic rings. The molecule has 0 aliphatic rings. The van der Waals surface area contributed by atoms with Gasteiger partial charge in [-0.1, -0.05) is 116 Å². The van der Waals surface area contributed by atoms with Gasteiger partial charge in [0.1, 0.15) is 35.2 Å². The van der Waals surface area contributed by atoms with Gasteiger partial charge in [0.05, 0.1) is 11.4 Å². The Hall–Kier alpha value is -6.28. The van der Waals surface area contributed by atoms with E-state index in [0.29, 0.717) is 11.5 Å². The van der Waals surface area contributed by atoms with Crippen LogP contribution < -0.4 is 18.9 Å². The molecule has 0 aliphatic carbocycles. The number of nitrogens with zero attached hydrogens (tertiary/aromatic N) is 2. The van der Waals surface area contributed by atoms with Gasteiger partial charge in [0, 0.05) is 38.1 Å². The fourth-order valence-corrected chi connectivity index (χ4v) is 7.82. The molecule has 0 saturated carbocycles. The molecule has 0 bridgehead atoms. The Morgan fingerprint density at radius 3 is 0.968 bits per heavy atom. The number of carbonyl (C=O) groups excluding carboxylic acids is 2. The quantitative estimate of drug-likeness (QED) is 0.0790. The van der Waals surface area contributed by atoms with Crippen molar-refractivity contribution in [2.45, 2.75) is 106 Å². The predicted molar refractivity (Wildman–Crippen MR) is 247 cm³/mol. The summed E-state index contributed by atoms with van der Waals surface area (Å²) in [7, 11) is 0. The van der Waals surface area contributed by atoms with Crippen LogP contribution >= 0.6 is 0 Å². The fourth-order valence-electron chi connectivity index (χ4n) is 7.82. The number of hydrogen-bond donors (Lipinski definition) is 0. The Labute approximate surface area is 368 Å². The number of ether oxygens (including phenoxy) is 4. The van der Waals surface area contributed by atoms with Crippen molar-refractivity contribution in [3.05, 3.63) is 179 Å². The van der Waals surface area contributed by atoms with Crippen molar-refractivity contribution in [3.8, 4) is 23.0 Å². The molecule has 4 aromatic carbocycles. The first-order valence-corrected chi connectivity index (χ1v) is 21.5. The van der Waals surface area contributed by atoms with Gasteiger partial charge >= 0.3 is 11.9 Å². The molecule has 8 heteroatoms. The third-order valence-electron chi connectivity index (χ3n) is 10.4. The van der Waals surface area contributed by atoms with E-state index in [9.17, 15) is 9.59 Å². The van der Waals surface area contributed by atoms with Crippen LogP contribution in [0.4, 0.5) is 0 Å². The molecule has 0 N–H and O–H groups in total. The van der Waals surface area contributed by atoms with Crippen LogP contribution in [0.25, 0.3) is 0 Å². The van der Waals surface area contributed by atoms with E-state index < -0.39 is 0 Å². The molecule has 0 radical (unpaired) electrons. The monoisotopic (exact) mass is 834 g/mol. The van der Waals surface area contributed by atoms with Crippen LogP contribution in [-0.2, 0) is 9.59 Å². The summed E-state index contributed by atoms with van der Waals surface area (Å²) in [5.74, 6) is 2.54. The molecule has 2 aromatic heterocycles. The van der Waals surface area contributed by atoms with Gasteiger partial charge in [-0.05, 0) is 119 Å². The first-order valence-electron chi connectivity index (χ1n) is 21.5. The number of benzene rings is 4. The average Bonchev–Trinajstić information content (AvgIpc) is 3.24. The van der Waals surface area contributed by atoms with E-state index in [4.69, 9.17) is 18.9 Å². The highest BCUT2D eigenvalue weighted by Crippen LogP contribution is 2.43. The van der Waals surface area contributed by atoms with Crippen molar-refractivity contribution in [1.82, 2.24) is 9.97 Å². The van der Waals surface area contributed by atoms with Crippen molar-refractivity contribution >= 4 is 11.9 Å². The zero-order chi connectivity index (χ0) is 44.9. The highest BCUT2D eigenvalue weighted by molar-refractivity contribution is 5.69. The second kappa shape index (κ2) is 21.5. The minimum absolute atomic E-state index is 0.00519. The third-order valence-corrected chi connectivity index (χ3v) is 10.4. The summed E-state index contributed by atoms with van der Waals surface area (Å²) in [6.45, 7) is 20.4. The molecule has 2 heterocycles. The standard InChI is InChI=1S/2C27H31NO3/c2*1-6-25(24-9-7-8-18-28-24)31-23-16-12-21(13-17-23)26(27(3,4)5)20-10-14-22(15-11-20)30-19(2)29/h2*7-18,25-26H,6H2,1-5H3. The molecular weight excluding hydrogens is 773 g/mol. The van der Waals surface area contributed by atoms with E-state index in [1.54, 1.807) is 12.4 Å². The highest BCUT2D eigenvalue weighted by atomic mass is 16.5. The van der Waals surface area contributed by atoms with E-state index in [1.807, 2.05) is 109 Å². The Kier molecular flexibility index (Phi) is 16.2. The lowest BCUT2D eigenvalue weighted by Crippen LogP contribution is -2.19. The molecule has 324 valence electrons. The first kappa shape index (κ1) is 46.8. The number of aromatic nitrogens is 2. The van der Waals surface area contributed by atoms with Crippen molar-refractivity contribution < 1.29 is 28.5 Å². The Morgan fingerprint density at radius 1 is 0.452 bits per heavy atom. The lowest BCUT2D eigenvalue weighted by molar-refractivity contribution is -0.132. The Morgan fingerprint density at radius 2 is 0.742 bits per heavy atom. The Bertz CT molecular complexity index is 2110. The number of hydrogen-bond acceptors (Lipinski definition) is 8. The largest absolute Gasteiger partial charge is 0.484 e. The van der Waals surface area contributed by atoms with E-state index >= 15 is 0 Å². The van der Waals surface area contributed by atoms with E-state index in [-0.39, 0.29) is 46.8 Å². The summed E-state index contributed by atoms with van der Waals surface area (Å²) in [5.41, 5.74) is 6.67. The normalized spacial score (nSPS) is 13.3. The van der Waals surface area contributed by atoms with Crippen LogP contribution in [0.2, 0.25) is 0 Å². The van der Waals surface area contributed by atoms with Crippen molar-refractivity contribution in [2.24, 2.45) is 10.8 Å². The van der Waals surface area contributed by atoms with Gasteiger partial charge in [-0.3, -0.25) is 19.6 Å². The molecule has 0 aliphatic heterocycles. The van der Waals surface area contributed by atoms with E-state index in [1.165, 1.54) is 36.1 Å². The van der Waals surface area contributed by atoms with Crippen LogP contribution in [0, 0.1) is 10.8 Å². The van der Waals surface area contributed by atoms with Crippen LogP contribution in [-0.4, -0.2) is 21.9 Å². The van der Waals surface area contributed by atoms with Crippen LogP contribution in [0.5, 0.6) is 23.0 Å². The van der Waals surface area contributed by atoms with Gasteiger partial charge < -0.3 is 18.9 Å². The molecule has 62 heavy (non-hydrogen) atoms. The molecule has 0 saturated heterocycles. The van der Waals surface area contributed by atoms with Crippen LogP contribution in [0.15, 0.2) is 146 Å². The summed E-state index contributed by atoms with van der Waals surface area (Å²) >= 11 is 0. The summed E-state index contributed by atoms with van der Waals surface area (Å²) in [4.78, 5) is 31.3. The molecular formula is C54H62N2O6. The van der Waals surface area contributed by atoms with E-state index in [0.717, 1.165) is 35.7 Å². The van der Waals surface area contributed by atoms with Crippen molar-refractivity contribution in [1.29, 1.82) is 0 Å². The first-order chi connectivity index (χ1) is 29.5. The number of esters is 2. The number of pyridine rings is 2. The average molecular weight is 835 g/mol. The Balaban J connectivity index is 0.000000234. The topological polar surface area (TPSA) is 96.8 Å². The molecule has 0 spiro atoms. The zero-order valence-corrected chi connectivity index (χ0v) is 37.9. The maximum absolute atomic E-state index is 11.2. The molecule has 8 nitrogen and oxygen atoms in total. The third kappa shape index (κ3) is 13.4. The van der Waals surface area contributed by atoms with Crippen molar-refractivity contribution in [2.75, 3.05) is 0 Å². The highest BCUT2D eigenvalue weighted by Gasteiger charge is 2.29. The lowest BCUT2D eigenvalue weighted by atomic mass is 9.72. The number of rotatable bonds is 14. The van der Waals surface area contributed by atoms with Gasteiger partial charge in [-0.2, -0.15) is 0 Å². The van der Waals surface area contributed by atoms with Gasteiger partial charge in [0.15, 0.2) is 0 Å².